The Balaban J connectivity index is 1.22. The molecule has 0 bridgehead atoms. The first-order valence-electron chi connectivity index (χ1n) is 29.5. The summed E-state index contributed by atoms with van der Waals surface area (Å²) in [5.41, 5.74) is 13.3. The predicted octanol–water partition coefficient (Wildman–Crippen LogP) is -1.44. The van der Waals surface area contributed by atoms with Gasteiger partial charge in [-0.15, -0.1) is 0 Å². The van der Waals surface area contributed by atoms with Crippen LogP contribution in [0.2, 0.25) is 0 Å². The molecule has 2 aromatic carbocycles. The van der Waals surface area contributed by atoms with Crippen molar-refractivity contribution in [1.82, 2.24) is 67.7 Å². The maximum absolute atomic E-state index is 14.7. The monoisotopic (exact) mass is 1210 g/mol. The molecule has 0 saturated carbocycles. The summed E-state index contributed by atoms with van der Waals surface area (Å²) in [4.78, 5) is 155. The van der Waals surface area contributed by atoms with E-state index in [1.54, 1.807) is 45.2 Å². The average Bonchev–Trinajstić information content (AvgIpc) is 2.39. The molecule has 28 nitrogen and oxygen atoms in total. The number of aromatic amines is 2. The highest BCUT2D eigenvalue weighted by Crippen LogP contribution is 2.22. The van der Waals surface area contributed by atoms with E-state index in [0.29, 0.717) is 41.6 Å². The number of amides is 10. The fraction of sp³-hybridized carbons (Fsp3) is 0.525. The van der Waals surface area contributed by atoms with E-state index in [2.05, 4.69) is 67.8 Å². The summed E-state index contributed by atoms with van der Waals surface area (Å²) in [6.07, 6.45) is 5.80. The number of fused-ring (bicyclic) bond motifs is 1. The normalized spacial score (nSPS) is 17.1. The molecule has 2 saturated heterocycles. The molecule has 17 N–H and O–H groups in total. The van der Waals surface area contributed by atoms with E-state index < -0.39 is 108 Å². The van der Waals surface area contributed by atoms with Crippen LogP contribution in [-0.2, 0) is 67.2 Å². The molecule has 1 unspecified atom stereocenters. The van der Waals surface area contributed by atoms with E-state index >= 15 is 0 Å². The molecule has 28 heteroatoms. The Labute approximate surface area is 504 Å². The van der Waals surface area contributed by atoms with Gasteiger partial charge in [-0.25, -0.2) is 4.98 Å². The number of likely N-dealkylation sites (tertiary alicyclic amines) is 1. The van der Waals surface area contributed by atoms with Gasteiger partial charge in [-0.2, -0.15) is 0 Å². The number of carbonyl (C=O) groups excluding carboxylic acids is 10. The SMILES string of the molecule is CCNC(=O)C1CCCN1C(=O)[C@H](CCCN=C(N)N)NC(=O)[C@H](CC(C)C)NC(=O)[C@@H](CC(C)C)NC(=O)[C@H](Cc1ccc(O)cc1)NC(=O)[C@H](CO)NC(=O)[C@H](Cc1c[nH]c2ccccc12)NC(=O)[C@H](Cc1cnc[nH]1)NC(=O)[C@@H]1CCC(=O)N1. The number of aliphatic hydroxyl groups is 1. The van der Waals surface area contributed by atoms with Crippen LogP contribution < -0.4 is 59.3 Å². The second kappa shape index (κ2) is 32.4. The van der Waals surface area contributed by atoms with Gasteiger partial charge in [0.05, 0.1) is 12.9 Å². The van der Waals surface area contributed by atoms with Gasteiger partial charge in [0.25, 0.3) is 0 Å². The fourth-order valence-electron chi connectivity index (χ4n) is 10.5. The summed E-state index contributed by atoms with van der Waals surface area (Å²) in [6, 6.07) is 1.58. The molecular formula is C59H84N16O12. The summed E-state index contributed by atoms with van der Waals surface area (Å²) >= 11 is 0. The second-order valence-corrected chi connectivity index (χ2v) is 22.8. The molecule has 0 spiro atoms. The highest BCUT2D eigenvalue weighted by Gasteiger charge is 2.40. The third-order valence-electron chi connectivity index (χ3n) is 14.9. The summed E-state index contributed by atoms with van der Waals surface area (Å²) < 4.78 is 0. The first kappa shape index (κ1) is 67.1. The summed E-state index contributed by atoms with van der Waals surface area (Å²) in [7, 11) is 0. The number of H-pyrrole nitrogens is 2. The number of phenolic OH excluding ortho intramolecular Hbond substituents is 1. The summed E-state index contributed by atoms with van der Waals surface area (Å²) in [6.45, 7) is 8.82. The number of aromatic hydroxyl groups is 1. The van der Waals surface area contributed by atoms with Crippen LogP contribution in [-0.4, -0.2) is 176 Å². The van der Waals surface area contributed by atoms with Gasteiger partial charge in [0.15, 0.2) is 5.96 Å². The Bertz CT molecular complexity index is 3050. The molecule has 472 valence electrons. The van der Waals surface area contributed by atoms with Gasteiger partial charge in [0, 0.05) is 74.3 Å². The van der Waals surface area contributed by atoms with Gasteiger partial charge in [0.1, 0.15) is 60.1 Å². The van der Waals surface area contributed by atoms with Crippen molar-refractivity contribution in [2.45, 2.75) is 160 Å². The van der Waals surface area contributed by atoms with Crippen molar-refractivity contribution in [2.75, 3.05) is 26.2 Å². The standard InChI is InChI=1S/C59H84N16O12/c1-6-63-57(86)48-14-10-22-75(48)58(87)41(13-9-21-64-59(60)61)68-51(80)42(23-32(2)3)69-52(81)43(24-33(4)5)70-53(82)44(25-34-15-17-37(77)18-16-34)71-56(85)47(30-76)74-54(83)45(26-35-28-65-39-12-8-7-11-38(35)39)72-55(84)46(27-36-29-62-31-66-36)73-50(79)40-19-20-49(78)67-40/h7-8,11-12,15-18,28-29,31-33,40-48,65,76-77H,6,9-10,13-14,19-27,30H2,1-5H3,(H,62,66)(H,63,86)(H,67,78)(H,68,80)(H,69,81)(H,70,82)(H,71,85)(H,72,84)(H,73,79)(H,74,83)(H4,60,61,64)/t40-,41-,42-,43+,44-,45-,46-,47-,48?/m0/s1. The molecule has 2 aliphatic heterocycles. The first-order valence-corrected chi connectivity index (χ1v) is 29.5. The fourth-order valence-corrected chi connectivity index (χ4v) is 10.5. The van der Waals surface area contributed by atoms with Crippen molar-refractivity contribution in [3.05, 3.63) is 84.1 Å². The van der Waals surface area contributed by atoms with Crippen LogP contribution in [0, 0.1) is 11.8 Å². The van der Waals surface area contributed by atoms with Crippen LogP contribution >= 0.6 is 0 Å². The number of nitrogens with one attached hydrogen (secondary N) is 11. The zero-order chi connectivity index (χ0) is 63.3. The highest BCUT2D eigenvalue weighted by atomic mass is 16.3. The van der Waals surface area contributed by atoms with E-state index in [0.717, 1.165) is 5.52 Å². The van der Waals surface area contributed by atoms with Crippen molar-refractivity contribution in [1.29, 1.82) is 0 Å². The van der Waals surface area contributed by atoms with Crippen molar-refractivity contribution in [3.63, 3.8) is 0 Å². The minimum atomic E-state index is -1.75. The van der Waals surface area contributed by atoms with E-state index in [4.69, 9.17) is 11.5 Å². The predicted molar refractivity (Wildman–Crippen MR) is 320 cm³/mol. The summed E-state index contributed by atoms with van der Waals surface area (Å²) in [5.74, 6) is -7.55. The largest absolute Gasteiger partial charge is 0.508 e. The molecule has 4 aromatic rings. The van der Waals surface area contributed by atoms with Crippen molar-refractivity contribution in [2.24, 2.45) is 28.3 Å². The number of benzene rings is 2. The van der Waals surface area contributed by atoms with Crippen LogP contribution in [0.1, 0.15) is 103 Å². The van der Waals surface area contributed by atoms with Crippen LogP contribution in [0.4, 0.5) is 0 Å². The second-order valence-electron chi connectivity index (χ2n) is 22.8. The topological polar surface area (TPSA) is 432 Å². The molecule has 0 aliphatic carbocycles. The number of para-hydroxylation sites is 1. The molecule has 10 amide bonds. The number of hydrogen-bond acceptors (Lipinski definition) is 14. The number of likely N-dealkylation sites (N-methyl/N-ethyl adjacent to an activating group) is 1. The zero-order valence-electron chi connectivity index (χ0n) is 49.8. The quantitative estimate of drug-likeness (QED) is 0.0151. The lowest BCUT2D eigenvalue weighted by Crippen LogP contribution is -2.61. The highest BCUT2D eigenvalue weighted by molar-refractivity contribution is 5.99. The Hall–Kier alpha value is -9.08. The van der Waals surface area contributed by atoms with Crippen LogP contribution in [0.25, 0.3) is 10.9 Å². The first-order chi connectivity index (χ1) is 41.5. The number of rotatable bonds is 32. The number of aliphatic hydroxyl groups excluding tert-OH is 1. The van der Waals surface area contributed by atoms with Gasteiger partial charge >= 0.3 is 0 Å². The van der Waals surface area contributed by atoms with E-state index in [1.807, 2.05) is 19.9 Å². The summed E-state index contributed by atoms with van der Waals surface area (Å²) in [5, 5.41) is 45.9. The Morgan fingerprint density at radius 1 is 0.701 bits per heavy atom. The number of phenols is 1. The van der Waals surface area contributed by atoms with E-state index in [1.165, 1.54) is 41.7 Å². The third-order valence-corrected chi connectivity index (χ3v) is 14.9. The lowest BCUT2D eigenvalue weighted by molar-refractivity contribution is -0.142. The number of nitrogens with two attached hydrogens (primary N) is 2. The van der Waals surface area contributed by atoms with Gasteiger partial charge in [0.2, 0.25) is 59.1 Å². The lowest BCUT2D eigenvalue weighted by atomic mass is 9.98. The van der Waals surface area contributed by atoms with E-state index in [-0.39, 0.29) is 106 Å². The maximum Gasteiger partial charge on any atom is 0.245 e. The Morgan fingerprint density at radius 2 is 1.28 bits per heavy atom. The maximum atomic E-state index is 14.7. The molecule has 2 aliphatic rings. The van der Waals surface area contributed by atoms with E-state index in [9.17, 15) is 58.2 Å². The number of aliphatic imine (C=N–C) groups is 1. The lowest BCUT2D eigenvalue weighted by Gasteiger charge is -2.31. The number of imidazole rings is 1. The van der Waals surface area contributed by atoms with Gasteiger partial charge < -0.3 is 84.4 Å². The van der Waals surface area contributed by atoms with Crippen molar-refractivity contribution >= 4 is 75.9 Å². The molecule has 2 aromatic heterocycles. The number of hydrogen-bond donors (Lipinski definition) is 15. The molecule has 9 atom stereocenters. The van der Waals surface area contributed by atoms with Crippen molar-refractivity contribution in [3.8, 4) is 5.75 Å². The van der Waals surface area contributed by atoms with Crippen molar-refractivity contribution < 1.29 is 58.2 Å². The minimum Gasteiger partial charge on any atom is -0.508 e. The van der Waals surface area contributed by atoms with Crippen LogP contribution in [0.15, 0.2) is 72.2 Å². The smallest absolute Gasteiger partial charge is 0.245 e. The molecular weight excluding hydrogens is 1120 g/mol. The Kier molecular flexibility index (Phi) is 25.0. The van der Waals surface area contributed by atoms with Gasteiger partial charge in [-0.05, 0) is 93.0 Å². The van der Waals surface area contributed by atoms with Gasteiger partial charge in [-0.1, -0.05) is 58.0 Å². The Morgan fingerprint density at radius 3 is 1.85 bits per heavy atom. The number of guanidine groups is 1. The minimum absolute atomic E-state index is 0.0397. The van der Waals surface area contributed by atoms with Gasteiger partial charge in [-0.3, -0.25) is 52.9 Å². The zero-order valence-corrected chi connectivity index (χ0v) is 49.8. The number of carbonyl (C=O) groups is 10. The molecule has 2 fully saturated rings. The third kappa shape index (κ3) is 20.0. The van der Waals surface area contributed by atoms with Crippen LogP contribution in [0.5, 0.6) is 5.75 Å². The number of aromatic nitrogens is 3. The molecule has 4 heterocycles. The number of nitrogens with zero attached hydrogens (tertiary/aromatic N) is 3. The average molecular weight is 1210 g/mol. The molecule has 6 rings (SSSR count). The molecule has 87 heavy (non-hydrogen) atoms. The molecule has 0 radical (unpaired) electrons. The van der Waals surface area contributed by atoms with Crippen LogP contribution in [0.3, 0.4) is 0 Å².